The number of aryl methyl sites for hydroxylation is 3. The molecule has 0 bridgehead atoms. The molecular weight excluding hydrogens is 336 g/mol. The molecule has 1 aromatic carbocycles. The molecule has 5 heteroatoms. The van der Waals surface area contributed by atoms with Crippen LogP contribution in [0.5, 0.6) is 0 Å². The van der Waals surface area contributed by atoms with Gasteiger partial charge in [0.05, 0.1) is 5.69 Å². The van der Waals surface area contributed by atoms with Crippen LogP contribution in [0.4, 0.5) is 0 Å². The molecule has 0 radical (unpaired) electrons. The van der Waals surface area contributed by atoms with E-state index in [1.165, 1.54) is 24.0 Å². The Morgan fingerprint density at radius 2 is 1.85 bits per heavy atom. The van der Waals surface area contributed by atoms with E-state index in [2.05, 4.69) is 34.3 Å². The van der Waals surface area contributed by atoms with E-state index in [4.69, 9.17) is 0 Å². The molecule has 0 unspecified atom stereocenters. The lowest BCUT2D eigenvalue weighted by Gasteiger charge is -2.40. The van der Waals surface area contributed by atoms with E-state index < -0.39 is 0 Å². The molecule has 2 aliphatic rings. The minimum absolute atomic E-state index is 0.0422. The van der Waals surface area contributed by atoms with Crippen LogP contribution in [-0.2, 0) is 11.8 Å². The van der Waals surface area contributed by atoms with Gasteiger partial charge in [0.1, 0.15) is 5.69 Å². The molecule has 1 fully saturated rings. The van der Waals surface area contributed by atoms with Gasteiger partial charge in [0.15, 0.2) is 5.65 Å². The second kappa shape index (κ2) is 5.91. The van der Waals surface area contributed by atoms with E-state index in [1.807, 2.05) is 30.9 Å². The molecule has 1 aliphatic carbocycles. The number of carbonyl (C=O) groups is 1. The van der Waals surface area contributed by atoms with Gasteiger partial charge in [0, 0.05) is 24.8 Å². The van der Waals surface area contributed by atoms with Gasteiger partial charge in [-0.15, -0.1) is 0 Å². The van der Waals surface area contributed by atoms with Crippen molar-refractivity contribution in [3.8, 4) is 0 Å². The minimum Gasteiger partial charge on any atom is -0.337 e. The Labute approximate surface area is 159 Å². The Hall–Kier alpha value is -2.69. The Balaban J connectivity index is 1.38. The highest BCUT2D eigenvalue weighted by Gasteiger charge is 2.41. The van der Waals surface area contributed by atoms with E-state index in [1.54, 1.807) is 4.52 Å². The Morgan fingerprint density at radius 1 is 1.07 bits per heavy atom. The van der Waals surface area contributed by atoms with E-state index in [0.29, 0.717) is 5.69 Å². The number of benzene rings is 1. The summed E-state index contributed by atoms with van der Waals surface area (Å²) >= 11 is 0. The molecule has 5 nitrogen and oxygen atoms in total. The summed E-state index contributed by atoms with van der Waals surface area (Å²) in [4.78, 5) is 19.6. The van der Waals surface area contributed by atoms with Crippen LogP contribution in [0.1, 0.15) is 52.3 Å². The molecule has 2 aromatic heterocycles. The summed E-state index contributed by atoms with van der Waals surface area (Å²) < 4.78 is 1.80. The molecule has 3 heterocycles. The Bertz CT molecular complexity index is 1040. The fourth-order valence-corrected chi connectivity index (χ4v) is 4.93. The summed E-state index contributed by atoms with van der Waals surface area (Å²) in [5.41, 5.74) is 6.41. The molecular formula is C22H24N4O. The van der Waals surface area contributed by atoms with Crippen molar-refractivity contribution in [2.24, 2.45) is 0 Å². The standard InChI is InChI=1S/C22H24N4O/c1-15-13-20-23-19(14-16(2)26(20)24-15)21(27)25-11-9-22(10-12-25)8-7-17-5-3-4-6-18(17)22/h3-6,13-14H,7-12H2,1-2H3. The zero-order valence-electron chi connectivity index (χ0n) is 15.9. The molecule has 1 amide bonds. The van der Waals surface area contributed by atoms with E-state index in [9.17, 15) is 4.79 Å². The van der Waals surface area contributed by atoms with Crippen LogP contribution in [0.15, 0.2) is 36.4 Å². The van der Waals surface area contributed by atoms with Gasteiger partial charge in [0.25, 0.3) is 5.91 Å². The minimum atomic E-state index is 0.0422. The van der Waals surface area contributed by atoms with Crippen LogP contribution in [0.3, 0.4) is 0 Å². The maximum Gasteiger partial charge on any atom is 0.272 e. The molecule has 138 valence electrons. The summed E-state index contributed by atoms with van der Waals surface area (Å²) in [6.45, 7) is 5.52. The van der Waals surface area contributed by atoms with Gasteiger partial charge in [-0.05, 0) is 62.1 Å². The first-order chi connectivity index (χ1) is 13.1. The normalized spacial score (nSPS) is 18.2. The summed E-state index contributed by atoms with van der Waals surface area (Å²) in [5.74, 6) is 0.0422. The summed E-state index contributed by atoms with van der Waals surface area (Å²) in [5, 5.41) is 4.42. The SMILES string of the molecule is Cc1cc2nc(C(=O)N3CCC4(CCc5ccccc54)CC3)cc(C)n2n1. The number of piperidine rings is 1. The lowest BCUT2D eigenvalue weighted by molar-refractivity contribution is 0.0660. The number of aromatic nitrogens is 3. The number of hydrogen-bond acceptors (Lipinski definition) is 3. The predicted octanol–water partition coefficient (Wildman–Crippen LogP) is 3.47. The van der Waals surface area contributed by atoms with Crippen molar-refractivity contribution < 1.29 is 4.79 Å². The van der Waals surface area contributed by atoms with Crippen molar-refractivity contribution in [2.75, 3.05) is 13.1 Å². The molecule has 1 aliphatic heterocycles. The van der Waals surface area contributed by atoms with E-state index in [0.717, 1.165) is 43.0 Å². The maximum atomic E-state index is 13.1. The fraction of sp³-hybridized carbons (Fsp3) is 0.409. The van der Waals surface area contributed by atoms with Crippen molar-refractivity contribution in [2.45, 2.75) is 44.9 Å². The topological polar surface area (TPSA) is 50.5 Å². The molecule has 0 atom stereocenters. The van der Waals surface area contributed by atoms with Crippen LogP contribution in [0.2, 0.25) is 0 Å². The van der Waals surface area contributed by atoms with Crippen molar-refractivity contribution in [1.29, 1.82) is 0 Å². The quantitative estimate of drug-likeness (QED) is 0.668. The molecule has 0 saturated carbocycles. The van der Waals surface area contributed by atoms with Crippen LogP contribution < -0.4 is 0 Å². The molecule has 27 heavy (non-hydrogen) atoms. The highest BCUT2D eigenvalue weighted by molar-refractivity contribution is 5.93. The van der Waals surface area contributed by atoms with Crippen molar-refractivity contribution in [1.82, 2.24) is 19.5 Å². The predicted molar refractivity (Wildman–Crippen MR) is 104 cm³/mol. The third-order valence-electron chi connectivity index (χ3n) is 6.42. The third kappa shape index (κ3) is 2.56. The molecule has 1 spiro atoms. The molecule has 5 rings (SSSR count). The Kier molecular flexibility index (Phi) is 3.61. The first kappa shape index (κ1) is 16.5. The lowest BCUT2D eigenvalue weighted by atomic mass is 9.74. The van der Waals surface area contributed by atoms with Gasteiger partial charge >= 0.3 is 0 Å². The zero-order chi connectivity index (χ0) is 18.6. The molecule has 0 N–H and O–H groups in total. The highest BCUT2D eigenvalue weighted by Crippen LogP contribution is 2.46. The Morgan fingerprint density at radius 3 is 2.67 bits per heavy atom. The average molecular weight is 360 g/mol. The lowest BCUT2D eigenvalue weighted by Crippen LogP contribution is -2.44. The number of fused-ring (bicyclic) bond motifs is 3. The van der Waals surface area contributed by atoms with Gasteiger partial charge in [-0.2, -0.15) is 5.10 Å². The first-order valence-electron chi connectivity index (χ1n) is 9.77. The molecule has 1 saturated heterocycles. The fourth-order valence-electron chi connectivity index (χ4n) is 4.93. The third-order valence-corrected chi connectivity index (χ3v) is 6.42. The summed E-state index contributed by atoms with van der Waals surface area (Å²) in [6.07, 6.45) is 4.47. The second-order valence-electron chi connectivity index (χ2n) is 8.07. The van der Waals surface area contributed by atoms with Gasteiger partial charge in [0.2, 0.25) is 0 Å². The average Bonchev–Trinajstić information content (AvgIpc) is 3.23. The summed E-state index contributed by atoms with van der Waals surface area (Å²) in [6, 6.07) is 12.6. The van der Waals surface area contributed by atoms with Crippen LogP contribution in [0.25, 0.3) is 5.65 Å². The van der Waals surface area contributed by atoms with Gasteiger partial charge in [-0.1, -0.05) is 24.3 Å². The zero-order valence-corrected chi connectivity index (χ0v) is 15.9. The monoisotopic (exact) mass is 360 g/mol. The molecule has 3 aromatic rings. The smallest absolute Gasteiger partial charge is 0.272 e. The van der Waals surface area contributed by atoms with Gasteiger partial charge in [-0.3, -0.25) is 4.79 Å². The number of nitrogens with zero attached hydrogens (tertiary/aromatic N) is 4. The summed E-state index contributed by atoms with van der Waals surface area (Å²) in [7, 11) is 0. The maximum absolute atomic E-state index is 13.1. The number of carbonyl (C=O) groups excluding carboxylic acids is 1. The first-order valence-corrected chi connectivity index (χ1v) is 9.77. The van der Waals surface area contributed by atoms with Crippen molar-refractivity contribution >= 4 is 11.6 Å². The van der Waals surface area contributed by atoms with Crippen LogP contribution >= 0.6 is 0 Å². The van der Waals surface area contributed by atoms with E-state index >= 15 is 0 Å². The van der Waals surface area contributed by atoms with Crippen LogP contribution in [-0.4, -0.2) is 38.5 Å². The number of amides is 1. The van der Waals surface area contributed by atoms with Gasteiger partial charge in [-0.25, -0.2) is 9.50 Å². The number of rotatable bonds is 1. The van der Waals surface area contributed by atoms with Crippen molar-refractivity contribution in [3.05, 3.63) is 64.6 Å². The van der Waals surface area contributed by atoms with Crippen molar-refractivity contribution in [3.63, 3.8) is 0 Å². The second-order valence-corrected chi connectivity index (χ2v) is 8.07. The number of hydrogen-bond donors (Lipinski definition) is 0. The van der Waals surface area contributed by atoms with Crippen LogP contribution in [0, 0.1) is 13.8 Å². The highest BCUT2D eigenvalue weighted by atomic mass is 16.2. The largest absolute Gasteiger partial charge is 0.337 e. The van der Waals surface area contributed by atoms with Gasteiger partial charge < -0.3 is 4.90 Å². The van der Waals surface area contributed by atoms with E-state index in [-0.39, 0.29) is 11.3 Å². The number of likely N-dealkylation sites (tertiary alicyclic amines) is 1.